The van der Waals surface area contributed by atoms with E-state index in [9.17, 15) is 9.90 Å². The van der Waals surface area contributed by atoms with Crippen molar-refractivity contribution in [2.75, 3.05) is 0 Å². The van der Waals surface area contributed by atoms with Gasteiger partial charge in [-0.2, -0.15) is 4.37 Å². The van der Waals surface area contributed by atoms with Crippen LogP contribution in [0.5, 0.6) is 0 Å². The zero-order valence-electron chi connectivity index (χ0n) is 4.70. The normalized spacial score (nSPS) is 8.00. The number of carbonyl (C=O) groups excluding carboxylic acids is 1. The molecule has 0 fully saturated rings. The van der Waals surface area contributed by atoms with Crippen LogP contribution >= 0.6 is 11.5 Å². The summed E-state index contributed by atoms with van der Waals surface area (Å²) in [5, 5.41) is 9.78. The van der Waals surface area contributed by atoms with E-state index in [1.807, 2.05) is 0 Å². The molecule has 0 amide bonds. The first-order chi connectivity index (χ1) is 3.80. The fourth-order valence-corrected chi connectivity index (χ4v) is 0.626. The van der Waals surface area contributed by atoms with Gasteiger partial charge >= 0.3 is 18.9 Å². The van der Waals surface area contributed by atoms with Crippen molar-refractivity contribution in [3.63, 3.8) is 0 Å². The Hall–Kier alpha value is -0.373. The third-order valence-electron chi connectivity index (χ3n) is 0.536. The molecule has 0 N–H and O–H groups in total. The molecule has 0 aliphatic heterocycles. The molecule has 9 heavy (non-hydrogen) atoms. The molecule has 42 valence electrons. The summed E-state index contributed by atoms with van der Waals surface area (Å²) < 4.78 is 3.45. The molecule has 0 aliphatic rings. The van der Waals surface area contributed by atoms with E-state index in [0.717, 1.165) is 11.5 Å². The molecule has 0 saturated carbocycles. The Morgan fingerprint density at radius 1 is 1.78 bits per heavy atom. The van der Waals surface area contributed by atoms with Crippen LogP contribution in [0.1, 0.15) is 9.80 Å². The van der Waals surface area contributed by atoms with Crippen molar-refractivity contribution in [3.8, 4) is 0 Å². The number of carbonyl (C=O) groups is 1. The summed E-state index contributed by atoms with van der Waals surface area (Å²) in [6, 6.07) is 0. The molecule has 0 atom stereocenters. The van der Waals surface area contributed by atoms with Gasteiger partial charge in [-0.3, -0.25) is 0 Å². The van der Waals surface area contributed by atoms with Crippen molar-refractivity contribution >= 4 is 17.5 Å². The first kappa shape index (κ1) is 8.63. The van der Waals surface area contributed by atoms with Crippen molar-refractivity contribution in [1.29, 1.82) is 0 Å². The molecule has 1 rings (SSSR count). The fraction of sp³-hybridized carbons (Fsp3) is 0. The molecule has 1 heterocycles. The minimum absolute atomic E-state index is 0. The maximum atomic E-state index is 9.86. The average molecular weight is 136 g/mol. The second kappa shape index (κ2) is 3.61. The Morgan fingerprint density at radius 3 is 2.67 bits per heavy atom. The maximum Gasteiger partial charge on any atom is 1.00 e. The third kappa shape index (κ3) is 2.14. The predicted octanol–water partition coefficient (Wildman–Crippen LogP) is -4.09. The molecule has 0 radical (unpaired) electrons. The molecule has 6 heteroatoms. The number of aromatic nitrogens is 2. The van der Waals surface area contributed by atoms with Crippen LogP contribution in [0.4, 0.5) is 0 Å². The largest absolute Gasteiger partial charge is 1.00 e. The zero-order valence-corrected chi connectivity index (χ0v) is 5.51. The predicted molar refractivity (Wildman–Crippen MR) is 24.2 cm³/mol. The maximum absolute atomic E-state index is 9.86. The van der Waals surface area contributed by atoms with Crippen molar-refractivity contribution in [2.24, 2.45) is 0 Å². The van der Waals surface area contributed by atoms with Crippen LogP contribution in [-0.4, -0.2) is 15.3 Å². The Kier molecular flexibility index (Phi) is 3.46. The van der Waals surface area contributed by atoms with Crippen LogP contribution in [0.2, 0.25) is 0 Å². The molecular formula is C3HLiN2O2S. The zero-order chi connectivity index (χ0) is 5.98. The number of carboxylic acid groups (broad SMARTS) is 1. The van der Waals surface area contributed by atoms with E-state index in [2.05, 4.69) is 9.36 Å². The second-order valence-electron chi connectivity index (χ2n) is 1.03. The second-order valence-corrected chi connectivity index (χ2v) is 1.81. The minimum atomic E-state index is -1.27. The summed E-state index contributed by atoms with van der Waals surface area (Å²) in [5.41, 5.74) is 0. The molecule has 0 aromatic carbocycles. The fourth-order valence-electron chi connectivity index (χ4n) is 0.263. The van der Waals surface area contributed by atoms with Gasteiger partial charge in [-0.1, -0.05) is 0 Å². The number of hydrogen-bond donors (Lipinski definition) is 0. The first-order valence-corrected chi connectivity index (χ1v) is 2.56. The van der Waals surface area contributed by atoms with Gasteiger partial charge in [0.1, 0.15) is 12.3 Å². The standard InChI is InChI=1S/C3H2N2O2S.Li/c6-3(7)2-4-1-5-8-2;/h1H,(H,6,7);/q;+1/p-1. The number of aromatic carboxylic acids is 1. The van der Waals surface area contributed by atoms with Crippen LogP contribution < -0.4 is 24.0 Å². The quantitative estimate of drug-likeness (QED) is 0.368. The molecule has 0 saturated heterocycles. The van der Waals surface area contributed by atoms with Crippen molar-refractivity contribution in [3.05, 3.63) is 11.3 Å². The summed E-state index contributed by atoms with van der Waals surface area (Å²) in [6.07, 6.45) is 1.18. The summed E-state index contributed by atoms with van der Waals surface area (Å²) in [4.78, 5) is 13.2. The summed E-state index contributed by atoms with van der Waals surface area (Å²) in [5.74, 6) is -1.27. The molecule has 0 unspecified atom stereocenters. The average Bonchev–Trinajstić information content (AvgIpc) is 2.12. The van der Waals surface area contributed by atoms with Gasteiger partial charge in [-0.25, -0.2) is 4.98 Å². The Bertz CT molecular complexity index is 188. The summed E-state index contributed by atoms with van der Waals surface area (Å²) >= 11 is 0.808. The van der Waals surface area contributed by atoms with E-state index in [1.54, 1.807) is 0 Å². The van der Waals surface area contributed by atoms with Crippen LogP contribution in [0.25, 0.3) is 0 Å². The number of hydrogen-bond acceptors (Lipinski definition) is 5. The van der Waals surface area contributed by atoms with Crippen LogP contribution in [-0.2, 0) is 0 Å². The van der Waals surface area contributed by atoms with Crippen molar-refractivity contribution < 1.29 is 28.8 Å². The molecule has 0 spiro atoms. The molecule has 0 bridgehead atoms. The molecule has 1 aromatic heterocycles. The van der Waals surface area contributed by atoms with Gasteiger partial charge in [0.2, 0.25) is 0 Å². The van der Waals surface area contributed by atoms with Gasteiger partial charge in [0, 0.05) is 0 Å². The van der Waals surface area contributed by atoms with Gasteiger partial charge in [-0.05, 0) is 11.5 Å². The van der Waals surface area contributed by atoms with Gasteiger partial charge in [0.05, 0.1) is 0 Å². The van der Waals surface area contributed by atoms with Crippen LogP contribution in [0, 0.1) is 0 Å². The molecule has 0 aliphatic carbocycles. The van der Waals surface area contributed by atoms with Crippen molar-refractivity contribution in [1.82, 2.24) is 9.36 Å². The minimum Gasteiger partial charge on any atom is -0.542 e. The molecule has 1 aromatic rings. The molecular weight excluding hydrogens is 135 g/mol. The number of nitrogens with zero attached hydrogens (tertiary/aromatic N) is 2. The van der Waals surface area contributed by atoms with E-state index < -0.39 is 5.97 Å². The smallest absolute Gasteiger partial charge is 0.542 e. The Morgan fingerprint density at radius 2 is 2.44 bits per heavy atom. The van der Waals surface area contributed by atoms with E-state index in [-0.39, 0.29) is 23.9 Å². The monoisotopic (exact) mass is 136 g/mol. The van der Waals surface area contributed by atoms with Gasteiger partial charge in [0.25, 0.3) is 0 Å². The Labute approximate surface area is 67.3 Å². The number of rotatable bonds is 1. The van der Waals surface area contributed by atoms with E-state index in [0.29, 0.717) is 0 Å². The SMILES string of the molecule is O=C([O-])c1ncns1.[Li+]. The van der Waals surface area contributed by atoms with Gasteiger partial charge in [-0.15, -0.1) is 0 Å². The van der Waals surface area contributed by atoms with E-state index in [4.69, 9.17) is 0 Å². The van der Waals surface area contributed by atoms with Crippen molar-refractivity contribution in [2.45, 2.75) is 0 Å². The van der Waals surface area contributed by atoms with Crippen LogP contribution in [0.15, 0.2) is 6.33 Å². The number of carboxylic acids is 1. The third-order valence-corrected chi connectivity index (χ3v) is 1.18. The van der Waals surface area contributed by atoms with E-state index in [1.165, 1.54) is 6.33 Å². The van der Waals surface area contributed by atoms with Crippen LogP contribution in [0.3, 0.4) is 0 Å². The summed E-state index contributed by atoms with van der Waals surface area (Å²) in [6.45, 7) is 0. The van der Waals surface area contributed by atoms with E-state index >= 15 is 0 Å². The summed E-state index contributed by atoms with van der Waals surface area (Å²) in [7, 11) is 0. The topological polar surface area (TPSA) is 65.9 Å². The molecule has 4 nitrogen and oxygen atoms in total. The first-order valence-electron chi connectivity index (χ1n) is 1.78. The van der Waals surface area contributed by atoms with Gasteiger partial charge < -0.3 is 9.90 Å². The van der Waals surface area contributed by atoms with Gasteiger partial charge in [0.15, 0.2) is 5.01 Å². The Balaban J connectivity index is 0.000000640.